The van der Waals surface area contributed by atoms with Crippen LogP contribution in [0.3, 0.4) is 0 Å². The van der Waals surface area contributed by atoms with Crippen LogP contribution in [-0.2, 0) is 0 Å². The van der Waals surface area contributed by atoms with Gasteiger partial charge in [-0.15, -0.1) is 0 Å². The number of aromatic amines is 1. The molecule has 0 aliphatic carbocycles. The fourth-order valence-corrected chi connectivity index (χ4v) is 2.70. The molecule has 0 fully saturated rings. The zero-order valence-corrected chi connectivity index (χ0v) is 13.5. The summed E-state index contributed by atoms with van der Waals surface area (Å²) in [6.45, 7) is 1.94. The van der Waals surface area contributed by atoms with Crippen molar-refractivity contribution >= 4 is 23.0 Å². The van der Waals surface area contributed by atoms with E-state index in [2.05, 4.69) is 15.0 Å². The van der Waals surface area contributed by atoms with Crippen molar-refractivity contribution in [3.63, 3.8) is 0 Å². The highest BCUT2D eigenvalue weighted by Crippen LogP contribution is 2.42. The van der Waals surface area contributed by atoms with Gasteiger partial charge >= 0.3 is 0 Å². The highest BCUT2D eigenvalue weighted by molar-refractivity contribution is 6.35. The number of rotatable bonds is 3. The molecule has 6 nitrogen and oxygen atoms in total. The van der Waals surface area contributed by atoms with Crippen molar-refractivity contribution in [1.29, 1.82) is 0 Å². The smallest absolute Gasteiger partial charge is 0.150 e. The van der Waals surface area contributed by atoms with Crippen LogP contribution in [0.5, 0.6) is 5.75 Å². The Kier molecular flexibility index (Phi) is 3.83. The van der Waals surface area contributed by atoms with Crippen LogP contribution in [0.4, 0.5) is 11.4 Å². The summed E-state index contributed by atoms with van der Waals surface area (Å²) < 4.78 is 5.38. The molecule has 3 aromatic rings. The number of nitrogens with two attached hydrogens (primary N) is 2. The van der Waals surface area contributed by atoms with E-state index in [1.54, 1.807) is 18.5 Å². The Balaban J connectivity index is 2.18. The van der Waals surface area contributed by atoms with E-state index in [0.29, 0.717) is 28.5 Å². The number of anilines is 2. The standard InChI is InChI=1S/C16H16ClN5O/c1-8-14(9-4-3-5-20-7-9)22-16(21-8)10-6-11(18)13(19)12(17)15(10)23-2/h3-7H,18-19H2,1-2H3,(H,21,22). The summed E-state index contributed by atoms with van der Waals surface area (Å²) in [5.41, 5.74) is 15.7. The SMILES string of the molecule is COc1c(-c2nc(-c3cccnc3)c(C)[nH]2)cc(N)c(N)c1Cl. The molecule has 2 heterocycles. The molecular weight excluding hydrogens is 314 g/mol. The third-order valence-electron chi connectivity index (χ3n) is 3.57. The average molecular weight is 330 g/mol. The number of nitrogens with zero attached hydrogens (tertiary/aromatic N) is 2. The molecule has 0 spiro atoms. The van der Waals surface area contributed by atoms with Gasteiger partial charge in [0, 0.05) is 23.7 Å². The van der Waals surface area contributed by atoms with E-state index < -0.39 is 0 Å². The van der Waals surface area contributed by atoms with Crippen molar-refractivity contribution in [2.24, 2.45) is 0 Å². The minimum absolute atomic E-state index is 0.277. The number of methoxy groups -OCH3 is 1. The van der Waals surface area contributed by atoms with E-state index in [-0.39, 0.29) is 5.02 Å². The first-order valence-corrected chi connectivity index (χ1v) is 7.29. The van der Waals surface area contributed by atoms with E-state index in [1.807, 2.05) is 19.1 Å². The van der Waals surface area contributed by atoms with Crippen LogP contribution in [0.2, 0.25) is 5.02 Å². The topological polar surface area (TPSA) is 103 Å². The Bertz CT molecular complexity index is 861. The van der Waals surface area contributed by atoms with Crippen LogP contribution in [0.25, 0.3) is 22.6 Å². The van der Waals surface area contributed by atoms with Gasteiger partial charge in [0.2, 0.25) is 0 Å². The lowest BCUT2D eigenvalue weighted by Gasteiger charge is -2.12. The van der Waals surface area contributed by atoms with Crippen LogP contribution in [0.15, 0.2) is 30.6 Å². The van der Waals surface area contributed by atoms with Crippen molar-refractivity contribution in [2.75, 3.05) is 18.6 Å². The fourth-order valence-electron chi connectivity index (χ4n) is 2.41. The molecule has 0 unspecified atom stereocenters. The summed E-state index contributed by atoms with van der Waals surface area (Å²) in [4.78, 5) is 12.0. The Labute approximate surface area is 138 Å². The quantitative estimate of drug-likeness (QED) is 0.640. The molecule has 0 saturated heterocycles. The predicted molar refractivity (Wildman–Crippen MR) is 92.4 cm³/mol. The summed E-state index contributed by atoms with van der Waals surface area (Å²) in [5, 5.41) is 0.277. The molecule has 7 heteroatoms. The van der Waals surface area contributed by atoms with Crippen LogP contribution in [0, 0.1) is 6.92 Å². The number of aromatic nitrogens is 3. The highest BCUT2D eigenvalue weighted by Gasteiger charge is 2.19. The summed E-state index contributed by atoms with van der Waals surface area (Å²) >= 11 is 6.24. The summed E-state index contributed by atoms with van der Waals surface area (Å²) in [5.74, 6) is 1.04. The second kappa shape index (κ2) is 5.81. The average Bonchev–Trinajstić information content (AvgIpc) is 2.95. The number of nitrogens with one attached hydrogen (secondary N) is 1. The second-order valence-electron chi connectivity index (χ2n) is 5.07. The van der Waals surface area contributed by atoms with Crippen LogP contribution >= 0.6 is 11.6 Å². The molecule has 1 aromatic carbocycles. The molecule has 5 N–H and O–H groups in total. The van der Waals surface area contributed by atoms with E-state index in [4.69, 9.17) is 27.8 Å². The zero-order valence-electron chi connectivity index (χ0n) is 12.7. The number of hydrogen-bond donors (Lipinski definition) is 3. The third-order valence-corrected chi connectivity index (χ3v) is 3.95. The van der Waals surface area contributed by atoms with E-state index in [9.17, 15) is 0 Å². The summed E-state index contributed by atoms with van der Waals surface area (Å²) in [6.07, 6.45) is 3.48. The van der Waals surface area contributed by atoms with Gasteiger partial charge in [0.15, 0.2) is 5.75 Å². The number of halogens is 1. The number of imidazole rings is 1. The van der Waals surface area contributed by atoms with Gasteiger partial charge in [0.05, 0.1) is 29.7 Å². The van der Waals surface area contributed by atoms with Gasteiger partial charge in [0.25, 0.3) is 0 Å². The van der Waals surface area contributed by atoms with Crippen molar-refractivity contribution < 1.29 is 4.74 Å². The van der Waals surface area contributed by atoms with Gasteiger partial charge in [-0.25, -0.2) is 4.98 Å². The molecule has 0 aliphatic rings. The molecule has 0 saturated carbocycles. The van der Waals surface area contributed by atoms with Crippen molar-refractivity contribution in [1.82, 2.24) is 15.0 Å². The Morgan fingerprint density at radius 3 is 2.74 bits per heavy atom. The maximum absolute atomic E-state index is 6.24. The van der Waals surface area contributed by atoms with E-state index in [0.717, 1.165) is 17.0 Å². The van der Waals surface area contributed by atoms with Gasteiger partial charge in [-0.05, 0) is 25.1 Å². The number of ether oxygens (including phenoxy) is 1. The lowest BCUT2D eigenvalue weighted by molar-refractivity contribution is 0.416. The number of hydrogen-bond acceptors (Lipinski definition) is 5. The number of benzene rings is 1. The monoisotopic (exact) mass is 329 g/mol. The summed E-state index contributed by atoms with van der Waals surface area (Å²) in [7, 11) is 1.53. The van der Waals surface area contributed by atoms with Crippen molar-refractivity contribution in [3.8, 4) is 28.4 Å². The van der Waals surface area contributed by atoms with Crippen LogP contribution in [0.1, 0.15) is 5.69 Å². The number of nitrogen functional groups attached to an aromatic ring is 2. The Hall–Kier alpha value is -2.73. The fraction of sp³-hybridized carbons (Fsp3) is 0.125. The largest absolute Gasteiger partial charge is 0.494 e. The minimum atomic E-state index is 0.277. The Morgan fingerprint density at radius 1 is 1.30 bits per heavy atom. The highest BCUT2D eigenvalue weighted by atomic mass is 35.5. The predicted octanol–water partition coefficient (Wildman–Crippen LogP) is 3.27. The van der Waals surface area contributed by atoms with Gasteiger partial charge in [0.1, 0.15) is 10.8 Å². The van der Waals surface area contributed by atoms with Crippen molar-refractivity contribution in [2.45, 2.75) is 6.92 Å². The molecule has 0 radical (unpaired) electrons. The van der Waals surface area contributed by atoms with Crippen LogP contribution in [-0.4, -0.2) is 22.1 Å². The molecule has 3 rings (SSSR count). The normalized spacial score (nSPS) is 10.7. The van der Waals surface area contributed by atoms with E-state index >= 15 is 0 Å². The molecular formula is C16H16ClN5O. The maximum atomic E-state index is 6.24. The first-order valence-electron chi connectivity index (χ1n) is 6.91. The summed E-state index contributed by atoms with van der Waals surface area (Å²) in [6, 6.07) is 5.51. The first-order chi connectivity index (χ1) is 11.0. The minimum Gasteiger partial charge on any atom is -0.494 e. The number of H-pyrrole nitrogens is 1. The number of pyridine rings is 1. The molecule has 0 amide bonds. The van der Waals surface area contributed by atoms with Gasteiger partial charge in [-0.3, -0.25) is 4.98 Å². The van der Waals surface area contributed by atoms with Gasteiger partial charge in [-0.2, -0.15) is 0 Å². The molecule has 2 aromatic heterocycles. The third kappa shape index (κ3) is 2.57. The second-order valence-corrected chi connectivity index (χ2v) is 5.45. The lowest BCUT2D eigenvalue weighted by Crippen LogP contribution is -2.00. The molecule has 23 heavy (non-hydrogen) atoms. The first kappa shape index (κ1) is 15.2. The molecule has 0 bridgehead atoms. The van der Waals surface area contributed by atoms with Gasteiger partial charge < -0.3 is 21.2 Å². The molecule has 0 aliphatic heterocycles. The molecule has 0 atom stereocenters. The van der Waals surface area contributed by atoms with Gasteiger partial charge in [-0.1, -0.05) is 11.6 Å². The van der Waals surface area contributed by atoms with E-state index in [1.165, 1.54) is 7.11 Å². The van der Waals surface area contributed by atoms with Crippen molar-refractivity contribution in [3.05, 3.63) is 41.3 Å². The maximum Gasteiger partial charge on any atom is 0.150 e. The van der Waals surface area contributed by atoms with Crippen LogP contribution < -0.4 is 16.2 Å². The number of aryl methyl sites for hydroxylation is 1. The zero-order chi connectivity index (χ0) is 16.6. The Morgan fingerprint density at radius 2 is 2.09 bits per heavy atom. The molecule has 118 valence electrons. The lowest BCUT2D eigenvalue weighted by atomic mass is 10.1.